The van der Waals surface area contributed by atoms with Gasteiger partial charge >= 0.3 is 0 Å². The molecule has 2 aliphatic heterocycles. The number of pyridine rings is 2. The minimum atomic E-state index is -0.454. The zero-order chi connectivity index (χ0) is 36.5. The van der Waals surface area contributed by atoms with Crippen LogP contribution in [-0.2, 0) is 24.3 Å². The van der Waals surface area contributed by atoms with Crippen LogP contribution in [0.3, 0.4) is 0 Å². The highest BCUT2D eigenvalue weighted by Gasteiger charge is 2.30. The van der Waals surface area contributed by atoms with E-state index < -0.39 is 5.82 Å². The van der Waals surface area contributed by atoms with Crippen molar-refractivity contribution in [3.63, 3.8) is 0 Å². The number of rotatable bonds is 11. The zero-order valence-corrected chi connectivity index (χ0v) is 30.2. The van der Waals surface area contributed by atoms with Crippen molar-refractivity contribution < 1.29 is 18.7 Å². The number of hydrogen-bond acceptors (Lipinski definition) is 8. The van der Waals surface area contributed by atoms with E-state index in [4.69, 9.17) is 4.74 Å². The van der Waals surface area contributed by atoms with Crippen LogP contribution < -0.4 is 9.64 Å². The van der Waals surface area contributed by atoms with Crippen LogP contribution >= 0.6 is 0 Å². The smallest absolute Gasteiger partial charge is 0.254 e. The van der Waals surface area contributed by atoms with Crippen molar-refractivity contribution in [2.45, 2.75) is 52.1 Å². The van der Waals surface area contributed by atoms with Crippen LogP contribution in [0, 0.1) is 11.7 Å². The Morgan fingerprint density at radius 2 is 1.83 bits per heavy atom. The average Bonchev–Trinajstić information content (AvgIpc) is 3.72. The Morgan fingerprint density at radius 1 is 0.981 bits per heavy atom. The number of ether oxygens (including phenoxy) is 1. The monoisotopic (exact) mass is 717 g/mol. The molecule has 1 aromatic carbocycles. The van der Waals surface area contributed by atoms with Crippen LogP contribution in [0.5, 0.6) is 5.75 Å². The highest BCUT2D eigenvalue weighted by Crippen LogP contribution is 2.40. The number of anilines is 1. The Labute approximate surface area is 307 Å². The number of benzene rings is 1. The topological polar surface area (TPSA) is 115 Å². The first-order valence-corrected chi connectivity index (χ1v) is 18.6. The summed E-state index contributed by atoms with van der Waals surface area (Å²) < 4.78 is 23.4. The molecule has 4 aromatic heterocycles. The van der Waals surface area contributed by atoms with E-state index in [2.05, 4.69) is 56.0 Å². The van der Waals surface area contributed by atoms with E-state index in [0.717, 1.165) is 52.7 Å². The number of halogens is 1. The summed E-state index contributed by atoms with van der Waals surface area (Å²) in [6, 6.07) is 9.72. The summed E-state index contributed by atoms with van der Waals surface area (Å²) in [5.41, 5.74) is 7.15. The molecule has 274 valence electrons. The second-order valence-electron chi connectivity index (χ2n) is 14.1. The summed E-state index contributed by atoms with van der Waals surface area (Å²) in [5, 5.41) is 8.87. The highest BCUT2D eigenvalue weighted by atomic mass is 19.1. The molecule has 12 nitrogen and oxygen atoms in total. The van der Waals surface area contributed by atoms with Gasteiger partial charge in [0.2, 0.25) is 5.91 Å². The van der Waals surface area contributed by atoms with E-state index in [1.54, 1.807) is 17.1 Å². The van der Waals surface area contributed by atoms with E-state index in [9.17, 15) is 14.0 Å². The largest absolute Gasteiger partial charge is 0.493 e. The predicted octanol–water partition coefficient (Wildman–Crippen LogP) is 5.48. The standard InChI is InChI=1S/C40H44FN9O3/c1-3-28-8-10-42-24-34(28)33-20-31(40(52)47-17-15-46(16-18-47)39-36(53-2)22-32(41)23-43-39)19-30-21-35(50(38(30)33)25-27-6-7-27)29-5-4-12-48(26-29)37(51)9-13-49-14-11-44-45-49/h5,8,10-11,14,19-24,27H,3-4,6-7,9,12-13,15-18,25-26H2,1-2H3. The van der Waals surface area contributed by atoms with Gasteiger partial charge in [-0.15, -0.1) is 5.10 Å². The van der Waals surface area contributed by atoms with Gasteiger partial charge in [-0.2, -0.15) is 0 Å². The van der Waals surface area contributed by atoms with E-state index in [1.165, 1.54) is 37.8 Å². The first-order chi connectivity index (χ1) is 25.9. The lowest BCUT2D eigenvalue weighted by atomic mass is 9.96. The lowest BCUT2D eigenvalue weighted by Gasteiger charge is -2.36. The summed E-state index contributed by atoms with van der Waals surface area (Å²) in [7, 11) is 1.51. The number of hydrogen-bond donors (Lipinski definition) is 0. The van der Waals surface area contributed by atoms with Crippen LogP contribution in [-0.4, -0.2) is 97.5 Å². The van der Waals surface area contributed by atoms with E-state index in [1.807, 2.05) is 33.2 Å². The number of carbonyl (C=O) groups excluding carboxylic acids is 2. The van der Waals surface area contributed by atoms with Crippen molar-refractivity contribution in [1.82, 2.24) is 39.3 Å². The molecule has 2 amide bonds. The van der Waals surface area contributed by atoms with Crippen molar-refractivity contribution in [2.75, 3.05) is 51.3 Å². The van der Waals surface area contributed by atoms with Crippen molar-refractivity contribution in [1.29, 1.82) is 0 Å². The number of methoxy groups -OCH3 is 1. The lowest BCUT2D eigenvalue weighted by Crippen LogP contribution is -2.49. The SMILES string of the molecule is CCc1ccncc1-c1cc(C(=O)N2CCN(c3ncc(F)cc3OC)CC2)cc2cc(C3=CCCN(C(=O)CCn4ccnn4)C3)n(CC3CC3)c12. The van der Waals surface area contributed by atoms with Gasteiger partial charge in [0, 0.05) is 105 Å². The fourth-order valence-electron chi connectivity index (χ4n) is 7.70. The molecule has 53 heavy (non-hydrogen) atoms. The summed E-state index contributed by atoms with van der Waals surface area (Å²) >= 11 is 0. The molecule has 1 aliphatic carbocycles. The second-order valence-corrected chi connectivity index (χ2v) is 14.1. The first kappa shape index (κ1) is 34.5. The zero-order valence-electron chi connectivity index (χ0n) is 30.2. The van der Waals surface area contributed by atoms with Gasteiger partial charge in [0.25, 0.3) is 5.91 Å². The van der Waals surface area contributed by atoms with E-state index in [0.29, 0.717) is 75.3 Å². The van der Waals surface area contributed by atoms with E-state index >= 15 is 0 Å². The maximum atomic E-state index is 14.4. The average molecular weight is 718 g/mol. The maximum absolute atomic E-state index is 14.4. The number of amides is 2. The summed E-state index contributed by atoms with van der Waals surface area (Å²) in [6.07, 6.45) is 15.0. The molecule has 1 saturated heterocycles. The van der Waals surface area contributed by atoms with Gasteiger partial charge in [-0.1, -0.05) is 18.2 Å². The molecular weight excluding hydrogens is 673 g/mol. The molecule has 13 heteroatoms. The van der Waals surface area contributed by atoms with Crippen molar-refractivity contribution in [2.24, 2.45) is 5.92 Å². The fourth-order valence-corrected chi connectivity index (χ4v) is 7.70. The Kier molecular flexibility index (Phi) is 9.63. The number of piperazine rings is 1. The Balaban J connectivity index is 1.13. The molecule has 0 unspecified atom stereocenters. The number of aromatic nitrogens is 6. The number of fused-ring (bicyclic) bond motifs is 1. The molecule has 3 aliphatic rings. The van der Waals surface area contributed by atoms with Crippen LogP contribution in [0.25, 0.3) is 27.6 Å². The fraction of sp³-hybridized carbons (Fsp3) is 0.400. The van der Waals surface area contributed by atoms with Crippen molar-refractivity contribution in [3.05, 3.63) is 90.0 Å². The third-order valence-electron chi connectivity index (χ3n) is 10.7. The summed E-state index contributed by atoms with van der Waals surface area (Å²) in [5.74, 6) is 1.15. The van der Waals surface area contributed by atoms with Gasteiger partial charge in [-0.05, 0) is 67.0 Å². The van der Waals surface area contributed by atoms with Gasteiger partial charge < -0.3 is 24.0 Å². The number of nitrogens with zero attached hydrogens (tertiary/aromatic N) is 9. The molecular formula is C40H44FN9O3. The molecule has 6 heterocycles. The van der Waals surface area contributed by atoms with Gasteiger partial charge in [0.1, 0.15) is 5.82 Å². The molecule has 1 saturated carbocycles. The summed E-state index contributed by atoms with van der Waals surface area (Å²) in [4.78, 5) is 42.5. The quantitative estimate of drug-likeness (QED) is 0.177. The number of aryl methyl sites for hydroxylation is 2. The van der Waals surface area contributed by atoms with Crippen molar-refractivity contribution >= 4 is 34.1 Å². The Bertz CT molecular complexity index is 2170. The molecule has 0 bridgehead atoms. The maximum Gasteiger partial charge on any atom is 0.254 e. The summed E-state index contributed by atoms with van der Waals surface area (Å²) in [6.45, 7) is 6.79. The van der Waals surface area contributed by atoms with Gasteiger partial charge in [0.05, 0.1) is 31.6 Å². The third-order valence-corrected chi connectivity index (χ3v) is 10.7. The third kappa shape index (κ3) is 7.12. The number of carbonyl (C=O) groups is 2. The van der Waals surface area contributed by atoms with E-state index in [-0.39, 0.29) is 11.8 Å². The Morgan fingerprint density at radius 3 is 2.58 bits per heavy atom. The Hall–Kier alpha value is -5.59. The van der Waals surface area contributed by atoms with Crippen molar-refractivity contribution in [3.8, 4) is 16.9 Å². The molecule has 8 rings (SSSR count). The van der Waals surface area contributed by atoms with Gasteiger partial charge in [-0.3, -0.25) is 19.3 Å². The van der Waals surface area contributed by atoms with Crippen LogP contribution in [0.1, 0.15) is 54.2 Å². The lowest BCUT2D eigenvalue weighted by molar-refractivity contribution is -0.131. The molecule has 2 fully saturated rings. The van der Waals surface area contributed by atoms with Crippen LogP contribution in [0.15, 0.2) is 67.4 Å². The minimum Gasteiger partial charge on any atom is -0.493 e. The van der Waals surface area contributed by atoms with Gasteiger partial charge in [-0.25, -0.2) is 9.37 Å². The molecule has 0 spiro atoms. The van der Waals surface area contributed by atoms with Crippen LogP contribution in [0.2, 0.25) is 0 Å². The highest BCUT2D eigenvalue weighted by molar-refractivity contribution is 6.05. The molecule has 5 aromatic rings. The second kappa shape index (κ2) is 14.8. The molecule has 0 N–H and O–H groups in total. The minimum absolute atomic E-state index is 0.0358. The predicted molar refractivity (Wildman–Crippen MR) is 200 cm³/mol. The first-order valence-electron chi connectivity index (χ1n) is 18.6. The van der Waals surface area contributed by atoms with Gasteiger partial charge in [0.15, 0.2) is 11.6 Å². The molecule has 0 radical (unpaired) electrons. The van der Waals surface area contributed by atoms with Crippen LogP contribution in [0.4, 0.5) is 10.2 Å². The normalized spacial score (nSPS) is 16.3. The molecule has 0 atom stereocenters.